The van der Waals surface area contributed by atoms with E-state index in [0.29, 0.717) is 18.6 Å². The van der Waals surface area contributed by atoms with Crippen molar-refractivity contribution < 1.29 is 19.7 Å². The molecule has 0 amide bonds. The lowest BCUT2D eigenvalue weighted by atomic mass is 9.86. The van der Waals surface area contributed by atoms with Crippen LogP contribution in [0.1, 0.15) is 60.3 Å². The lowest BCUT2D eigenvalue weighted by Gasteiger charge is -2.17. The molecule has 3 N–H and O–H groups in total. The van der Waals surface area contributed by atoms with Gasteiger partial charge in [-0.1, -0.05) is 26.5 Å². The molecular weight excluding hydrogens is 528 g/mol. The topological polar surface area (TPSA) is 116 Å². The largest absolute Gasteiger partial charge is 0.511 e. The molecule has 42 heavy (non-hydrogen) atoms. The monoisotopic (exact) mass is 564 g/mol. The molecule has 0 unspecified atom stereocenters. The number of nitrogens with zero attached hydrogens (tertiary/aromatic N) is 3. The summed E-state index contributed by atoms with van der Waals surface area (Å²) in [6.07, 6.45) is 9.87. The van der Waals surface area contributed by atoms with Crippen molar-refractivity contribution in [2.75, 3.05) is 6.79 Å². The second-order valence-corrected chi connectivity index (χ2v) is 11.4. The van der Waals surface area contributed by atoms with E-state index in [4.69, 9.17) is 24.8 Å². The number of hydrogen-bond donors (Lipinski definition) is 3. The molecule has 0 saturated carbocycles. The summed E-state index contributed by atoms with van der Waals surface area (Å²) >= 11 is 0. The molecule has 0 aromatic carbocycles. The summed E-state index contributed by atoms with van der Waals surface area (Å²) < 4.78 is 4.82. The normalized spacial score (nSPS) is 24.6. The molecule has 1 fully saturated rings. The van der Waals surface area contributed by atoms with E-state index in [1.54, 1.807) is 0 Å². The van der Waals surface area contributed by atoms with E-state index in [0.717, 1.165) is 91.1 Å². The number of aliphatic hydroxyl groups excluding tert-OH is 2. The van der Waals surface area contributed by atoms with Crippen molar-refractivity contribution >= 4 is 23.1 Å². The highest BCUT2D eigenvalue weighted by Gasteiger charge is 2.41. The molecule has 8 bridgehead atoms. The summed E-state index contributed by atoms with van der Waals surface area (Å²) in [5, 5.41) is 23.9. The number of rotatable bonds is 6. The molecule has 8 nitrogen and oxygen atoms in total. The van der Waals surface area contributed by atoms with Crippen molar-refractivity contribution in [3.05, 3.63) is 104 Å². The van der Waals surface area contributed by atoms with Gasteiger partial charge in [0.25, 0.3) is 0 Å². The number of carbonyl (C=O) groups excluding carboxylic acids is 1. The first kappa shape index (κ1) is 27.8. The fourth-order valence-corrected chi connectivity index (χ4v) is 6.80. The third kappa shape index (κ3) is 4.32. The molecule has 1 aliphatic carbocycles. The Kier molecular flexibility index (Phi) is 6.97. The number of esters is 1. The number of carbonyl (C=O) groups is 1. The molecular formula is C34H36N4O4. The lowest BCUT2D eigenvalue weighted by molar-refractivity contribution is -0.152. The van der Waals surface area contributed by atoms with Crippen molar-refractivity contribution in [2.24, 2.45) is 26.8 Å². The van der Waals surface area contributed by atoms with Gasteiger partial charge in [0.2, 0.25) is 0 Å². The molecule has 5 aliphatic heterocycles. The van der Waals surface area contributed by atoms with Crippen LogP contribution in [-0.4, -0.2) is 40.1 Å². The van der Waals surface area contributed by atoms with Gasteiger partial charge < -0.3 is 20.3 Å². The van der Waals surface area contributed by atoms with E-state index < -0.39 is 12.8 Å². The van der Waals surface area contributed by atoms with Crippen LogP contribution in [0.25, 0.3) is 0 Å². The zero-order valence-corrected chi connectivity index (χ0v) is 24.8. The third-order valence-electron chi connectivity index (χ3n) is 9.19. The van der Waals surface area contributed by atoms with Crippen LogP contribution in [0, 0.1) is 11.8 Å². The second kappa shape index (κ2) is 10.5. The van der Waals surface area contributed by atoms with Gasteiger partial charge in [-0.3, -0.25) is 4.79 Å². The van der Waals surface area contributed by atoms with Crippen LogP contribution in [-0.2, 0) is 9.53 Å². The summed E-state index contributed by atoms with van der Waals surface area (Å²) in [6, 6.07) is 0. The predicted molar refractivity (Wildman–Crippen MR) is 165 cm³/mol. The van der Waals surface area contributed by atoms with Crippen LogP contribution < -0.4 is 5.32 Å². The van der Waals surface area contributed by atoms with Gasteiger partial charge in [-0.25, -0.2) is 15.0 Å². The molecule has 0 spiro atoms. The van der Waals surface area contributed by atoms with E-state index in [2.05, 4.69) is 45.7 Å². The highest BCUT2D eigenvalue weighted by Crippen LogP contribution is 2.46. The van der Waals surface area contributed by atoms with Crippen molar-refractivity contribution in [1.29, 1.82) is 0 Å². The number of aliphatic imine (C=N–C) groups is 3. The number of aliphatic hydroxyl groups is 2. The molecule has 6 rings (SSSR count). The minimum atomic E-state index is -0.635. The first-order chi connectivity index (χ1) is 20.2. The van der Waals surface area contributed by atoms with Crippen molar-refractivity contribution in [3.8, 4) is 0 Å². The molecule has 0 aromatic heterocycles. The number of hydrogen-bond acceptors (Lipinski definition) is 8. The average molecular weight is 565 g/mol. The molecule has 5 heterocycles. The van der Waals surface area contributed by atoms with E-state index in [1.165, 1.54) is 0 Å². The van der Waals surface area contributed by atoms with Crippen molar-refractivity contribution in [2.45, 2.75) is 60.3 Å². The van der Waals surface area contributed by atoms with Gasteiger partial charge in [0.1, 0.15) is 5.76 Å². The van der Waals surface area contributed by atoms with E-state index in [9.17, 15) is 9.90 Å². The molecule has 1 saturated heterocycles. The maximum absolute atomic E-state index is 12.2. The first-order valence-corrected chi connectivity index (χ1v) is 14.5. The van der Waals surface area contributed by atoms with Crippen LogP contribution in [0.5, 0.6) is 0 Å². The maximum Gasteiger partial charge on any atom is 0.307 e. The quantitative estimate of drug-likeness (QED) is 0.266. The van der Waals surface area contributed by atoms with Crippen LogP contribution in [0.3, 0.4) is 0 Å². The highest BCUT2D eigenvalue weighted by atomic mass is 16.6. The molecule has 0 radical (unpaired) electrons. The molecule has 8 heteroatoms. The Morgan fingerprint density at radius 3 is 2.55 bits per heavy atom. The van der Waals surface area contributed by atoms with Gasteiger partial charge in [-0.15, -0.1) is 0 Å². The minimum Gasteiger partial charge on any atom is -0.511 e. The van der Waals surface area contributed by atoms with E-state index in [-0.39, 0.29) is 18.3 Å². The predicted octanol–water partition coefficient (Wildman–Crippen LogP) is 6.12. The van der Waals surface area contributed by atoms with Gasteiger partial charge in [-0.05, 0) is 74.1 Å². The highest BCUT2D eigenvalue weighted by molar-refractivity contribution is 6.21. The Balaban J connectivity index is 1.57. The van der Waals surface area contributed by atoms with Crippen LogP contribution in [0.15, 0.2) is 119 Å². The Bertz CT molecular complexity index is 1700. The number of fused-ring (bicyclic) bond motifs is 5. The number of ether oxygens (including phenoxy) is 1. The smallest absolute Gasteiger partial charge is 0.307 e. The van der Waals surface area contributed by atoms with Gasteiger partial charge in [0.15, 0.2) is 6.79 Å². The Morgan fingerprint density at radius 1 is 1.10 bits per heavy atom. The number of allylic oxidation sites excluding steroid dienone is 12. The fourth-order valence-electron chi connectivity index (χ4n) is 6.80. The summed E-state index contributed by atoms with van der Waals surface area (Å²) in [5.74, 6) is -0.167. The van der Waals surface area contributed by atoms with Crippen LogP contribution in [0.4, 0.5) is 0 Å². The maximum atomic E-state index is 12.2. The Morgan fingerprint density at radius 2 is 1.83 bits per heavy atom. The zero-order valence-electron chi connectivity index (χ0n) is 24.8. The summed E-state index contributed by atoms with van der Waals surface area (Å²) in [5.41, 5.74) is 13.8. The first-order valence-electron chi connectivity index (χ1n) is 14.5. The standard InChI is InChI=1S/C34H36N4O4/c1-7-20-16(3)24-12-26-18(5)22(9-10-31(41)42-15-39)33(37-26)23-11-30(40)32-19(6)27(38-34(23)32)14-29-21(8-2)17(4)25(36-29)13-28(20)35-24/h7,12-14,18,22,37,39-40H,1,8-11,15H2,2-6H3/t18-,22-/m0/s1. The average Bonchev–Trinajstić information content (AvgIpc) is 3.70. The third-order valence-corrected chi connectivity index (χ3v) is 9.19. The summed E-state index contributed by atoms with van der Waals surface area (Å²) in [7, 11) is 0. The van der Waals surface area contributed by atoms with Crippen molar-refractivity contribution in [3.63, 3.8) is 0 Å². The van der Waals surface area contributed by atoms with Crippen molar-refractivity contribution in [1.82, 2.24) is 5.32 Å². The Hall–Kier alpha value is -4.30. The summed E-state index contributed by atoms with van der Waals surface area (Å²) in [4.78, 5) is 27.4. The van der Waals surface area contributed by atoms with Crippen LogP contribution in [0.2, 0.25) is 0 Å². The molecule has 2 atom stereocenters. The number of nitrogens with one attached hydrogen (secondary N) is 1. The zero-order chi connectivity index (χ0) is 29.9. The van der Waals surface area contributed by atoms with Gasteiger partial charge in [-0.2, -0.15) is 0 Å². The molecule has 216 valence electrons. The SMILES string of the molecule is C=CC1=C(C)C2=NC1=CC1=NC(=CC3=C(C)C4=C(O)CC(=C5NC(=C2)[C@@H](C)[C@@H]5CCC(=O)OCO)C4=N3)C(CC)=C1C. The fraction of sp³-hybridized carbons (Fsp3) is 0.353. The van der Waals surface area contributed by atoms with Crippen LogP contribution >= 0.6 is 0 Å². The second-order valence-electron chi connectivity index (χ2n) is 11.4. The molecule has 0 aromatic rings. The summed E-state index contributed by atoms with van der Waals surface area (Å²) in [6.45, 7) is 13.9. The minimum absolute atomic E-state index is 0.0299. The van der Waals surface area contributed by atoms with E-state index in [1.807, 2.05) is 25.2 Å². The Labute approximate surface area is 246 Å². The van der Waals surface area contributed by atoms with Gasteiger partial charge >= 0.3 is 5.97 Å². The van der Waals surface area contributed by atoms with Gasteiger partial charge in [0, 0.05) is 52.8 Å². The van der Waals surface area contributed by atoms with E-state index >= 15 is 0 Å². The van der Waals surface area contributed by atoms with Gasteiger partial charge in [0.05, 0.1) is 34.2 Å². The molecule has 6 aliphatic rings. The lowest BCUT2D eigenvalue weighted by Crippen LogP contribution is -2.16.